The average molecular weight is 204 g/mol. The van der Waals surface area contributed by atoms with Gasteiger partial charge in [0.15, 0.2) is 16.8 Å². The summed E-state index contributed by atoms with van der Waals surface area (Å²) in [6.45, 7) is 0. The molecule has 0 unspecified atom stereocenters. The monoisotopic (exact) mass is 204 g/mol. The molecule has 0 aliphatic carbocycles. The van der Waals surface area contributed by atoms with E-state index in [4.69, 9.17) is 15.4 Å². The minimum absolute atomic E-state index is 0.160. The molecule has 3 N–H and O–H groups in total. The molecule has 0 bridgehead atoms. The topological polar surface area (TPSA) is 88.8 Å². The summed E-state index contributed by atoms with van der Waals surface area (Å²) in [6.07, 6.45) is 1.04. The molecule has 15 heavy (non-hydrogen) atoms. The fraction of sp³-hybridized carbons (Fsp3) is 0. The molecule has 1 heterocycles. The molecule has 0 aliphatic heterocycles. The van der Waals surface area contributed by atoms with Gasteiger partial charge in [-0.3, -0.25) is 4.79 Å². The van der Waals surface area contributed by atoms with Crippen molar-refractivity contribution < 1.29 is 9.62 Å². The Morgan fingerprint density at radius 3 is 3.00 bits per heavy atom. The first kappa shape index (κ1) is 9.26. The van der Waals surface area contributed by atoms with Gasteiger partial charge in [-0.25, -0.2) is 0 Å². The smallest absolute Gasteiger partial charge is 0.193 e. The van der Waals surface area contributed by atoms with Crippen LogP contribution in [0.5, 0.6) is 0 Å². The Bertz CT molecular complexity index is 587. The van der Waals surface area contributed by atoms with Crippen LogP contribution in [-0.4, -0.2) is 11.4 Å². The maximum absolute atomic E-state index is 11.6. The molecule has 76 valence electrons. The molecular weight excluding hydrogens is 196 g/mol. The molecule has 2 rings (SSSR count). The Labute approximate surface area is 84.4 Å². The van der Waals surface area contributed by atoms with Crippen LogP contribution in [-0.2, 0) is 0 Å². The zero-order chi connectivity index (χ0) is 10.8. The molecule has 5 heteroatoms. The van der Waals surface area contributed by atoms with E-state index in [9.17, 15) is 4.79 Å². The number of hydrogen-bond donors (Lipinski definition) is 2. The zero-order valence-corrected chi connectivity index (χ0v) is 7.68. The van der Waals surface area contributed by atoms with Crippen LogP contribution in [0, 0.1) is 0 Å². The summed E-state index contributed by atoms with van der Waals surface area (Å²) in [5.74, 6) is 0.160. The Balaban J connectivity index is 2.86. The van der Waals surface area contributed by atoms with Gasteiger partial charge in [0.2, 0.25) is 0 Å². The van der Waals surface area contributed by atoms with Crippen LogP contribution in [0.2, 0.25) is 0 Å². The number of nitrogens with two attached hydrogens (primary N) is 1. The van der Waals surface area contributed by atoms with Crippen LogP contribution >= 0.6 is 0 Å². The van der Waals surface area contributed by atoms with Crippen LogP contribution in [0.4, 0.5) is 5.69 Å². The number of anilines is 1. The number of oxime groups is 1. The van der Waals surface area contributed by atoms with Gasteiger partial charge in [0.25, 0.3) is 0 Å². The molecule has 0 radical (unpaired) electrons. The van der Waals surface area contributed by atoms with Gasteiger partial charge in [-0.15, -0.1) is 0 Å². The van der Waals surface area contributed by atoms with E-state index in [2.05, 4.69) is 5.16 Å². The lowest BCUT2D eigenvalue weighted by Gasteiger charge is -2.00. The van der Waals surface area contributed by atoms with Crippen molar-refractivity contribution in [3.05, 3.63) is 40.2 Å². The minimum atomic E-state index is -0.224. The standard InChI is InChI=1S/C10H8N2O3/c11-8-3-1-2-7-9(13)4-6(5-12-14)15-10(7)8/h1-5,14H,11H2/b12-5+. The maximum Gasteiger partial charge on any atom is 0.193 e. The van der Waals surface area contributed by atoms with Crippen LogP contribution in [0.15, 0.2) is 38.6 Å². The van der Waals surface area contributed by atoms with Crippen LogP contribution in [0.1, 0.15) is 5.76 Å². The predicted molar refractivity (Wildman–Crippen MR) is 56.3 cm³/mol. The quantitative estimate of drug-likeness (QED) is 0.316. The minimum Gasteiger partial charge on any atom is -0.453 e. The van der Waals surface area contributed by atoms with Gasteiger partial charge in [0.1, 0.15) is 6.21 Å². The summed E-state index contributed by atoms with van der Waals surface area (Å²) in [5, 5.41) is 11.5. The van der Waals surface area contributed by atoms with E-state index in [1.807, 2.05) is 0 Å². The second-order valence-electron chi connectivity index (χ2n) is 2.98. The van der Waals surface area contributed by atoms with Crippen LogP contribution in [0.25, 0.3) is 11.0 Å². The lowest BCUT2D eigenvalue weighted by molar-refractivity contribution is 0.321. The van der Waals surface area contributed by atoms with Crippen molar-refractivity contribution in [2.45, 2.75) is 0 Å². The Hall–Kier alpha value is -2.30. The average Bonchev–Trinajstić information content (AvgIpc) is 2.20. The Kier molecular flexibility index (Phi) is 2.13. The third kappa shape index (κ3) is 1.54. The largest absolute Gasteiger partial charge is 0.453 e. The highest BCUT2D eigenvalue weighted by atomic mass is 16.4. The molecule has 0 spiro atoms. The van der Waals surface area contributed by atoms with Crippen molar-refractivity contribution in [3.63, 3.8) is 0 Å². The number of rotatable bonds is 1. The van der Waals surface area contributed by atoms with Gasteiger partial charge in [-0.05, 0) is 12.1 Å². The molecule has 2 aromatic rings. The number of fused-ring (bicyclic) bond motifs is 1. The predicted octanol–water partition coefficient (Wildman–Crippen LogP) is 1.18. The third-order valence-electron chi connectivity index (χ3n) is 1.99. The summed E-state index contributed by atoms with van der Waals surface area (Å²) >= 11 is 0. The second-order valence-corrected chi connectivity index (χ2v) is 2.98. The van der Waals surface area contributed by atoms with E-state index in [1.165, 1.54) is 6.07 Å². The maximum atomic E-state index is 11.6. The Morgan fingerprint density at radius 1 is 1.47 bits per heavy atom. The normalized spacial score (nSPS) is 11.2. The first-order valence-corrected chi connectivity index (χ1v) is 4.22. The molecular formula is C10H8N2O3. The van der Waals surface area contributed by atoms with Crippen molar-refractivity contribution in [1.82, 2.24) is 0 Å². The van der Waals surface area contributed by atoms with Crippen molar-refractivity contribution >= 4 is 22.9 Å². The zero-order valence-electron chi connectivity index (χ0n) is 7.68. The van der Waals surface area contributed by atoms with Crippen LogP contribution in [0.3, 0.4) is 0 Å². The first-order valence-electron chi connectivity index (χ1n) is 4.22. The van der Waals surface area contributed by atoms with Gasteiger partial charge in [-0.2, -0.15) is 0 Å². The molecule has 5 nitrogen and oxygen atoms in total. The van der Waals surface area contributed by atoms with Gasteiger partial charge in [-0.1, -0.05) is 11.2 Å². The van der Waals surface area contributed by atoms with Crippen molar-refractivity contribution in [1.29, 1.82) is 0 Å². The SMILES string of the molecule is Nc1cccc2c(=O)cc(/C=N/O)oc12. The first-order chi connectivity index (χ1) is 7.22. The van der Waals surface area contributed by atoms with E-state index in [0.29, 0.717) is 16.7 Å². The van der Waals surface area contributed by atoms with Crippen molar-refractivity contribution in [3.8, 4) is 0 Å². The fourth-order valence-electron chi connectivity index (χ4n) is 1.34. The highest BCUT2D eigenvalue weighted by molar-refractivity contribution is 5.89. The van der Waals surface area contributed by atoms with E-state index in [-0.39, 0.29) is 11.2 Å². The van der Waals surface area contributed by atoms with Gasteiger partial charge in [0, 0.05) is 6.07 Å². The van der Waals surface area contributed by atoms with Gasteiger partial charge >= 0.3 is 0 Å². The summed E-state index contributed by atoms with van der Waals surface area (Å²) < 4.78 is 5.28. The molecule has 0 fully saturated rings. The molecule has 0 aliphatic rings. The fourth-order valence-corrected chi connectivity index (χ4v) is 1.34. The second kappa shape index (κ2) is 3.45. The molecule has 0 saturated carbocycles. The molecule has 0 amide bonds. The summed E-state index contributed by atoms with van der Waals surface area (Å²) in [4.78, 5) is 11.6. The Morgan fingerprint density at radius 2 is 2.27 bits per heavy atom. The van der Waals surface area contributed by atoms with E-state index < -0.39 is 0 Å². The van der Waals surface area contributed by atoms with E-state index in [0.717, 1.165) is 6.21 Å². The highest BCUT2D eigenvalue weighted by Crippen LogP contribution is 2.18. The van der Waals surface area contributed by atoms with Gasteiger partial charge < -0.3 is 15.4 Å². The summed E-state index contributed by atoms with van der Waals surface area (Å²) in [7, 11) is 0. The number of nitrogens with zero attached hydrogens (tertiary/aromatic N) is 1. The van der Waals surface area contributed by atoms with Crippen LogP contribution < -0.4 is 11.2 Å². The number of hydrogen-bond acceptors (Lipinski definition) is 5. The van der Waals surface area contributed by atoms with Crippen molar-refractivity contribution in [2.75, 3.05) is 5.73 Å². The number of benzene rings is 1. The van der Waals surface area contributed by atoms with E-state index in [1.54, 1.807) is 18.2 Å². The number of para-hydroxylation sites is 1. The number of nitrogen functional groups attached to an aromatic ring is 1. The molecule has 1 aromatic heterocycles. The highest BCUT2D eigenvalue weighted by Gasteiger charge is 2.05. The lowest BCUT2D eigenvalue weighted by Crippen LogP contribution is -2.03. The molecule has 0 saturated heterocycles. The summed E-state index contributed by atoms with van der Waals surface area (Å²) in [6, 6.07) is 6.17. The van der Waals surface area contributed by atoms with Crippen molar-refractivity contribution in [2.24, 2.45) is 5.16 Å². The lowest BCUT2D eigenvalue weighted by atomic mass is 10.2. The molecule has 0 atom stereocenters. The van der Waals surface area contributed by atoms with Gasteiger partial charge in [0.05, 0.1) is 11.1 Å². The third-order valence-corrected chi connectivity index (χ3v) is 1.99. The molecule has 1 aromatic carbocycles. The van der Waals surface area contributed by atoms with E-state index >= 15 is 0 Å². The summed E-state index contributed by atoms with van der Waals surface area (Å²) in [5.41, 5.74) is 6.11.